The van der Waals surface area contributed by atoms with E-state index >= 15 is 0 Å². The van der Waals surface area contributed by atoms with Crippen LogP contribution in [-0.4, -0.2) is 148 Å². The maximum Gasteiger partial charge on any atom is 1.00 e. The normalized spacial score (nSPS) is 18.1. The SMILES string of the molecule is N[C@H](Cc1c[nH]cn1)C(=O)N1CC(Oc2ccc3c(c2C(=O)O)O[B-](O)(O)CC3)C1.N[C@H](Cc1c[nH]cn1)C(=O)N1CC(Oc2ccc3c(c2C(=O)O)O[B-](O)(O)CC3)C1.[Na+].[Na+]. The van der Waals surface area contributed by atoms with Gasteiger partial charge in [-0.2, -0.15) is 0 Å². The average Bonchev–Trinajstić information content (AvgIpc) is 3.87. The number of carboxylic acid groups (broad SMARTS) is 2. The second-order valence-electron chi connectivity index (χ2n) is 15.2. The summed E-state index contributed by atoms with van der Waals surface area (Å²) >= 11 is 0. The molecule has 0 saturated carbocycles. The van der Waals surface area contributed by atoms with Gasteiger partial charge in [0, 0.05) is 25.2 Å². The third kappa shape index (κ3) is 11.3. The number of aryl methyl sites for hydroxylation is 2. The fourth-order valence-electron chi connectivity index (χ4n) is 7.31. The van der Waals surface area contributed by atoms with E-state index in [1.54, 1.807) is 24.5 Å². The zero-order valence-corrected chi connectivity index (χ0v) is 38.0. The van der Waals surface area contributed by atoms with Gasteiger partial charge in [-0.05, 0) is 36.1 Å². The van der Waals surface area contributed by atoms with Crippen molar-refractivity contribution in [2.45, 2.75) is 62.6 Å². The summed E-state index contributed by atoms with van der Waals surface area (Å²) in [6.45, 7) is -5.17. The molecule has 26 heteroatoms. The second-order valence-corrected chi connectivity index (χ2v) is 15.2. The molecule has 2 aromatic heterocycles. The van der Waals surface area contributed by atoms with E-state index in [-0.39, 0.29) is 157 Å². The predicted octanol–water partition coefficient (Wildman–Crippen LogP) is -7.74. The third-order valence-corrected chi connectivity index (χ3v) is 10.5. The Morgan fingerprint density at radius 2 is 1.06 bits per heavy atom. The quantitative estimate of drug-likeness (QED) is 0.0591. The zero-order valence-electron chi connectivity index (χ0n) is 34.0. The summed E-state index contributed by atoms with van der Waals surface area (Å²) in [4.78, 5) is 65.2. The van der Waals surface area contributed by atoms with Gasteiger partial charge < -0.3 is 80.3 Å². The monoisotopic (exact) mass is 880 g/mol. The van der Waals surface area contributed by atoms with Crippen molar-refractivity contribution < 1.29 is 127 Å². The Labute approximate surface area is 397 Å². The fourth-order valence-corrected chi connectivity index (χ4v) is 7.31. The number of aromatic carboxylic acids is 2. The van der Waals surface area contributed by atoms with Crippen LogP contribution in [0.4, 0.5) is 0 Å². The number of H-pyrrole nitrogens is 2. The summed E-state index contributed by atoms with van der Waals surface area (Å²) in [7, 11) is 0. The minimum absolute atomic E-state index is 0. The molecule has 0 radical (unpaired) electrons. The van der Waals surface area contributed by atoms with Gasteiger partial charge >= 0.3 is 84.6 Å². The minimum Gasteiger partial charge on any atom is -0.669 e. The minimum atomic E-state index is -3.11. The zero-order chi connectivity index (χ0) is 42.9. The van der Waals surface area contributed by atoms with E-state index in [1.807, 2.05) is 0 Å². The van der Waals surface area contributed by atoms with Gasteiger partial charge in [0.15, 0.2) is 0 Å². The molecule has 4 aliphatic heterocycles. The molecule has 22 nitrogen and oxygen atoms in total. The Hall–Kier alpha value is -4.17. The van der Waals surface area contributed by atoms with Crippen molar-refractivity contribution in [2.24, 2.45) is 11.5 Å². The number of aromatic nitrogens is 4. The Bertz CT molecular complexity index is 2090. The molecule has 2 amide bonds. The van der Waals surface area contributed by atoms with Crippen LogP contribution in [0.2, 0.25) is 12.6 Å². The summed E-state index contributed by atoms with van der Waals surface area (Å²) in [5.41, 5.74) is 13.9. The Kier molecular flexibility index (Phi) is 15.9. The van der Waals surface area contributed by atoms with Crippen LogP contribution in [-0.2, 0) is 35.3 Å². The van der Waals surface area contributed by atoms with Gasteiger partial charge in [-0.1, -0.05) is 24.8 Å². The number of rotatable bonds is 12. The van der Waals surface area contributed by atoms with Crippen molar-refractivity contribution in [1.29, 1.82) is 0 Å². The molecule has 8 rings (SSSR count). The molecule has 320 valence electrons. The number of fused-ring (bicyclic) bond motifs is 2. The number of hydrogen-bond donors (Lipinski definition) is 10. The van der Waals surface area contributed by atoms with Crippen LogP contribution in [0.5, 0.6) is 23.0 Å². The molecule has 0 spiro atoms. The molecular formula is C36H44B2N8Na2O14. The number of carbonyl (C=O) groups is 4. The van der Waals surface area contributed by atoms with E-state index in [9.17, 15) is 49.5 Å². The fraction of sp³-hybridized carbons (Fsp3) is 0.389. The number of nitrogens with one attached hydrogen (secondary N) is 2. The van der Waals surface area contributed by atoms with Gasteiger partial charge in [0.05, 0.1) is 73.8 Å². The van der Waals surface area contributed by atoms with Crippen LogP contribution >= 0.6 is 0 Å². The van der Waals surface area contributed by atoms with E-state index in [4.69, 9.17) is 30.2 Å². The van der Waals surface area contributed by atoms with Crippen molar-refractivity contribution >= 4 is 37.3 Å². The number of carboxylic acids is 2. The number of aromatic amines is 2. The largest absolute Gasteiger partial charge is 1.00 e. The van der Waals surface area contributed by atoms with E-state index in [2.05, 4.69) is 19.9 Å². The van der Waals surface area contributed by atoms with Crippen molar-refractivity contribution in [3.8, 4) is 23.0 Å². The third-order valence-electron chi connectivity index (χ3n) is 10.5. The van der Waals surface area contributed by atoms with Crippen LogP contribution < -0.4 is 89.4 Å². The number of nitrogens with zero attached hydrogens (tertiary/aromatic N) is 4. The maximum atomic E-state index is 12.4. The molecule has 4 aliphatic rings. The molecule has 0 aliphatic carbocycles. The molecule has 0 unspecified atom stereocenters. The first-order valence-electron chi connectivity index (χ1n) is 19.2. The molecule has 2 aromatic carbocycles. The number of amides is 2. The number of likely N-dealkylation sites (tertiary alicyclic amines) is 2. The first-order chi connectivity index (χ1) is 28.5. The number of nitrogens with two attached hydrogens (primary N) is 2. The standard InChI is InChI=1S/2C18H22BN4O7.2Na/c2*20-13(5-11-6-21-9-22-11)17(24)23-7-12(8-23)29-14-2-1-10-3-4-19(27,28)30-16(10)15(14)18(25)26;;/h2*1-2,6,9,12-13,27-28H,3-5,7-8,20H2,(H,21,22)(H,25,26);;/q2*-1;2*+1/t2*13-;;/m11../s1. The molecule has 2 fully saturated rings. The van der Waals surface area contributed by atoms with Gasteiger partial charge in [-0.25, -0.2) is 19.6 Å². The van der Waals surface area contributed by atoms with E-state index in [1.165, 1.54) is 34.6 Å². The number of benzene rings is 2. The van der Waals surface area contributed by atoms with Crippen molar-refractivity contribution in [2.75, 3.05) is 26.2 Å². The summed E-state index contributed by atoms with van der Waals surface area (Å²) < 4.78 is 21.8. The first kappa shape index (κ1) is 48.9. The van der Waals surface area contributed by atoms with Crippen LogP contribution in [0.1, 0.15) is 43.2 Å². The number of carbonyl (C=O) groups excluding carboxylic acids is 2. The first-order valence-corrected chi connectivity index (χ1v) is 19.2. The number of hydrogen-bond acceptors (Lipinski definition) is 16. The summed E-state index contributed by atoms with van der Waals surface area (Å²) in [5, 5.41) is 58.4. The molecule has 2 saturated heterocycles. The molecule has 2 atom stereocenters. The van der Waals surface area contributed by atoms with Crippen molar-refractivity contribution in [3.63, 3.8) is 0 Å². The topological polar surface area (TPSA) is 342 Å². The smallest absolute Gasteiger partial charge is 0.669 e. The summed E-state index contributed by atoms with van der Waals surface area (Å²) in [5.74, 6) is -3.17. The molecular weight excluding hydrogens is 836 g/mol. The predicted molar refractivity (Wildman–Crippen MR) is 208 cm³/mol. The van der Waals surface area contributed by atoms with Crippen molar-refractivity contribution in [1.82, 2.24) is 29.7 Å². The van der Waals surface area contributed by atoms with E-state index in [0.29, 0.717) is 35.4 Å². The summed E-state index contributed by atoms with van der Waals surface area (Å²) in [6.07, 6.45) is 6.71. The second kappa shape index (κ2) is 20.1. The van der Waals surface area contributed by atoms with Gasteiger partial charge in [-0.3, -0.25) is 9.59 Å². The van der Waals surface area contributed by atoms with Gasteiger partial charge in [0.25, 0.3) is 0 Å². The van der Waals surface area contributed by atoms with Crippen LogP contribution in [0.3, 0.4) is 0 Å². The molecule has 6 heterocycles. The molecule has 12 N–H and O–H groups in total. The molecule has 62 heavy (non-hydrogen) atoms. The van der Waals surface area contributed by atoms with Crippen LogP contribution in [0.15, 0.2) is 49.3 Å². The van der Waals surface area contributed by atoms with E-state index in [0.717, 1.165) is 0 Å². The Morgan fingerprint density at radius 1 is 0.694 bits per heavy atom. The van der Waals surface area contributed by atoms with Crippen molar-refractivity contribution in [3.05, 3.63) is 83.0 Å². The number of imidazole rings is 2. The van der Waals surface area contributed by atoms with Gasteiger partial charge in [0.2, 0.25) is 11.8 Å². The number of ether oxygens (including phenoxy) is 2. The summed E-state index contributed by atoms with van der Waals surface area (Å²) in [6, 6.07) is 4.87. The molecule has 0 bridgehead atoms. The van der Waals surface area contributed by atoms with Gasteiger partial charge in [0.1, 0.15) is 34.8 Å². The van der Waals surface area contributed by atoms with E-state index < -0.39 is 49.7 Å². The average molecular weight is 880 g/mol. The van der Waals surface area contributed by atoms with Crippen LogP contribution in [0.25, 0.3) is 0 Å². The van der Waals surface area contributed by atoms with Gasteiger partial charge in [-0.15, -0.1) is 0 Å². The van der Waals surface area contributed by atoms with Crippen LogP contribution in [0, 0.1) is 0 Å². The Morgan fingerprint density at radius 3 is 1.39 bits per heavy atom. The maximum absolute atomic E-state index is 12.4. The Balaban J connectivity index is 0.000000227. The molecule has 4 aromatic rings.